The van der Waals surface area contributed by atoms with Crippen molar-refractivity contribution in [1.82, 2.24) is 15.1 Å². The van der Waals surface area contributed by atoms with Gasteiger partial charge in [-0.1, -0.05) is 12.8 Å². The number of rotatable bonds is 6. The Labute approximate surface area is 201 Å². The molecular formula is C26H37FN4O3. The van der Waals surface area contributed by atoms with Crippen molar-refractivity contribution in [1.29, 1.82) is 0 Å². The van der Waals surface area contributed by atoms with Crippen LogP contribution in [0.5, 0.6) is 0 Å². The van der Waals surface area contributed by atoms with Crippen molar-refractivity contribution in [3.63, 3.8) is 0 Å². The zero-order chi connectivity index (χ0) is 24.4. The van der Waals surface area contributed by atoms with Crippen LogP contribution < -0.4 is 10.6 Å². The maximum Gasteiger partial charge on any atom is 0.227 e. The number of nitrogens with one attached hydrogen (secondary N) is 2. The van der Waals surface area contributed by atoms with Gasteiger partial charge in [0.1, 0.15) is 5.82 Å². The van der Waals surface area contributed by atoms with E-state index in [1.54, 1.807) is 6.07 Å². The molecule has 0 unspecified atom stereocenters. The second-order valence-corrected chi connectivity index (χ2v) is 10.4. The van der Waals surface area contributed by atoms with Crippen molar-refractivity contribution in [2.45, 2.75) is 77.9 Å². The fourth-order valence-electron chi connectivity index (χ4n) is 5.65. The van der Waals surface area contributed by atoms with Crippen LogP contribution >= 0.6 is 0 Å². The predicted molar refractivity (Wildman–Crippen MR) is 129 cm³/mol. The second kappa shape index (κ2) is 10.4. The third kappa shape index (κ3) is 5.59. The fourth-order valence-corrected chi connectivity index (χ4v) is 5.65. The molecule has 2 N–H and O–H groups in total. The van der Waals surface area contributed by atoms with E-state index in [1.165, 1.54) is 13.0 Å². The molecule has 34 heavy (non-hydrogen) atoms. The first-order chi connectivity index (χ1) is 16.2. The van der Waals surface area contributed by atoms with Crippen LogP contribution in [0, 0.1) is 24.6 Å². The van der Waals surface area contributed by atoms with E-state index in [-0.39, 0.29) is 41.6 Å². The van der Waals surface area contributed by atoms with Gasteiger partial charge < -0.3 is 15.5 Å². The minimum absolute atomic E-state index is 0.0404. The van der Waals surface area contributed by atoms with E-state index in [2.05, 4.69) is 22.5 Å². The monoisotopic (exact) mass is 472 g/mol. The van der Waals surface area contributed by atoms with Crippen molar-refractivity contribution < 1.29 is 18.8 Å². The van der Waals surface area contributed by atoms with Gasteiger partial charge in [-0.25, -0.2) is 4.39 Å². The Morgan fingerprint density at radius 1 is 1.09 bits per heavy atom. The number of anilines is 1. The molecule has 8 heteroatoms. The first-order valence-electron chi connectivity index (χ1n) is 12.6. The van der Waals surface area contributed by atoms with Gasteiger partial charge in [-0.2, -0.15) is 0 Å². The zero-order valence-electron chi connectivity index (χ0n) is 20.5. The molecule has 4 rings (SSSR count). The summed E-state index contributed by atoms with van der Waals surface area (Å²) in [5, 5.41) is 5.73. The van der Waals surface area contributed by atoms with E-state index < -0.39 is 0 Å². The highest BCUT2D eigenvalue weighted by molar-refractivity contribution is 5.94. The highest BCUT2D eigenvalue weighted by atomic mass is 19.1. The van der Waals surface area contributed by atoms with Crippen LogP contribution in [0.4, 0.5) is 10.1 Å². The molecule has 0 spiro atoms. The minimum Gasteiger partial charge on any atom is -0.354 e. The van der Waals surface area contributed by atoms with Crippen molar-refractivity contribution in [2.24, 2.45) is 11.8 Å². The van der Waals surface area contributed by atoms with Gasteiger partial charge in [-0.15, -0.1) is 0 Å². The van der Waals surface area contributed by atoms with E-state index in [4.69, 9.17) is 0 Å². The molecule has 1 saturated heterocycles. The molecule has 3 aliphatic rings. The lowest BCUT2D eigenvalue weighted by atomic mass is 9.79. The summed E-state index contributed by atoms with van der Waals surface area (Å²) in [4.78, 5) is 41.0. The Hall–Kier alpha value is -2.48. The number of amides is 3. The molecule has 1 aromatic carbocycles. The number of nitrogens with zero attached hydrogens (tertiary/aromatic N) is 2. The van der Waals surface area contributed by atoms with E-state index in [0.29, 0.717) is 37.5 Å². The maximum absolute atomic E-state index is 14.5. The third-order valence-corrected chi connectivity index (χ3v) is 7.75. The van der Waals surface area contributed by atoms with Crippen LogP contribution in [0.15, 0.2) is 12.1 Å². The molecule has 3 amide bonds. The van der Waals surface area contributed by atoms with E-state index in [0.717, 1.165) is 49.9 Å². The average Bonchev–Trinajstić information content (AvgIpc) is 3.28. The van der Waals surface area contributed by atoms with E-state index >= 15 is 0 Å². The van der Waals surface area contributed by atoms with Gasteiger partial charge in [0.05, 0.1) is 0 Å². The van der Waals surface area contributed by atoms with Gasteiger partial charge in [0.15, 0.2) is 0 Å². The summed E-state index contributed by atoms with van der Waals surface area (Å²) in [7, 11) is 0. The van der Waals surface area contributed by atoms with Gasteiger partial charge in [0, 0.05) is 62.7 Å². The third-order valence-electron chi connectivity index (χ3n) is 7.75. The molecule has 1 atom stereocenters. The minimum atomic E-state index is -0.372. The normalized spacial score (nSPS) is 25.6. The van der Waals surface area contributed by atoms with Gasteiger partial charge in [0.2, 0.25) is 17.7 Å². The van der Waals surface area contributed by atoms with Crippen LogP contribution in [-0.2, 0) is 20.9 Å². The van der Waals surface area contributed by atoms with E-state index in [9.17, 15) is 18.8 Å². The first kappa shape index (κ1) is 24.6. The average molecular weight is 473 g/mol. The second-order valence-electron chi connectivity index (χ2n) is 10.4. The van der Waals surface area contributed by atoms with Gasteiger partial charge in [-0.3, -0.25) is 19.3 Å². The molecule has 0 bridgehead atoms. The van der Waals surface area contributed by atoms with Crippen molar-refractivity contribution in [3.05, 3.63) is 29.1 Å². The summed E-state index contributed by atoms with van der Waals surface area (Å²) < 4.78 is 14.5. The molecule has 186 valence electrons. The van der Waals surface area contributed by atoms with Crippen molar-refractivity contribution in [3.8, 4) is 0 Å². The molecule has 0 aromatic heterocycles. The van der Waals surface area contributed by atoms with Crippen LogP contribution in [0.2, 0.25) is 0 Å². The van der Waals surface area contributed by atoms with Crippen LogP contribution in [0.1, 0.15) is 63.5 Å². The number of hydrogen-bond donors (Lipinski definition) is 2. The molecule has 7 nitrogen and oxygen atoms in total. The molecule has 0 radical (unpaired) electrons. The highest BCUT2D eigenvalue weighted by Gasteiger charge is 2.36. The summed E-state index contributed by atoms with van der Waals surface area (Å²) in [6.45, 7) is 8.27. The Balaban J connectivity index is 1.34. The Morgan fingerprint density at radius 3 is 2.44 bits per heavy atom. The lowest BCUT2D eigenvalue weighted by Gasteiger charge is -2.41. The van der Waals surface area contributed by atoms with Crippen LogP contribution in [0.25, 0.3) is 0 Å². The summed E-state index contributed by atoms with van der Waals surface area (Å²) >= 11 is 0. The topological polar surface area (TPSA) is 81.8 Å². The summed E-state index contributed by atoms with van der Waals surface area (Å²) in [6, 6.07) is 3.09. The molecular weight excluding hydrogens is 435 g/mol. The highest BCUT2D eigenvalue weighted by Crippen LogP contribution is 2.31. The van der Waals surface area contributed by atoms with Gasteiger partial charge >= 0.3 is 0 Å². The Morgan fingerprint density at radius 2 is 1.79 bits per heavy atom. The quantitative estimate of drug-likeness (QED) is 0.666. The molecule has 1 heterocycles. The van der Waals surface area contributed by atoms with E-state index in [1.807, 2.05) is 11.8 Å². The van der Waals surface area contributed by atoms with Crippen molar-refractivity contribution >= 4 is 23.4 Å². The first-order valence-corrected chi connectivity index (χ1v) is 12.6. The molecule has 3 fully saturated rings. The molecule has 1 aliphatic heterocycles. The van der Waals surface area contributed by atoms with Crippen LogP contribution in [-0.4, -0.2) is 59.2 Å². The zero-order valence-corrected chi connectivity index (χ0v) is 20.5. The number of piperazine rings is 1. The Kier molecular flexibility index (Phi) is 7.55. The molecule has 2 aliphatic carbocycles. The smallest absolute Gasteiger partial charge is 0.227 e. The lowest BCUT2D eigenvalue weighted by Crippen LogP contribution is -2.54. The maximum atomic E-state index is 14.5. The number of carbonyl (C=O) groups excluding carboxylic acids is 3. The van der Waals surface area contributed by atoms with Crippen molar-refractivity contribution in [2.75, 3.05) is 25.0 Å². The predicted octanol–water partition coefficient (Wildman–Crippen LogP) is 3.21. The number of halogens is 1. The molecule has 2 saturated carbocycles. The molecule has 1 aromatic rings. The summed E-state index contributed by atoms with van der Waals surface area (Å²) in [5.74, 6) is -0.275. The number of hydrogen-bond acceptors (Lipinski definition) is 4. The van der Waals surface area contributed by atoms with Gasteiger partial charge in [0.25, 0.3) is 0 Å². The number of carbonyl (C=O) groups is 3. The summed E-state index contributed by atoms with van der Waals surface area (Å²) in [5.41, 5.74) is 2.22. The lowest BCUT2D eigenvalue weighted by molar-refractivity contribution is -0.140. The number of benzene rings is 1. The van der Waals surface area contributed by atoms with Crippen LogP contribution in [0.3, 0.4) is 0 Å². The standard InChI is InChI=1S/C26H37FN4O3/c1-16-14-30(8-9-31(16)26(34)19-6-4-5-7-19)15-21-10-22(27)13-24(17(21)2)29-25(33)20-11-23(12-20)28-18(3)32/h10,13,16,19-20,23H,4-9,11-12,14-15H2,1-3H3,(H,28,32)(H,29,33)/t16-,20?,23?/m0/s1. The summed E-state index contributed by atoms with van der Waals surface area (Å²) in [6.07, 6.45) is 5.54. The van der Waals surface area contributed by atoms with Gasteiger partial charge in [-0.05, 0) is 62.8 Å². The fraction of sp³-hybridized carbons (Fsp3) is 0.654. The largest absolute Gasteiger partial charge is 0.354 e. The SMILES string of the molecule is CC(=O)NC1CC(C(=O)Nc2cc(F)cc(CN3CCN(C(=O)C4CCCC4)[C@@H](C)C3)c2C)C1. The Bertz CT molecular complexity index is 940.